The number of aryl methyl sites for hydroxylation is 1. The summed E-state index contributed by atoms with van der Waals surface area (Å²) in [6, 6.07) is 2.00. The quantitative estimate of drug-likeness (QED) is 0.685. The number of carbonyl (C=O) groups is 1. The van der Waals surface area contributed by atoms with Crippen molar-refractivity contribution in [3.8, 4) is 0 Å². The molecule has 1 nitrogen and oxygen atoms in total. The average molecular weight is 220 g/mol. The second-order valence-corrected chi connectivity index (χ2v) is 5.22. The van der Waals surface area contributed by atoms with Gasteiger partial charge in [0.05, 0.1) is 0 Å². The number of ketones is 1. The maximum Gasteiger partial charge on any atom is 0.189 e. The van der Waals surface area contributed by atoms with Crippen molar-refractivity contribution in [3.05, 3.63) is 33.5 Å². The Morgan fingerprint density at radius 3 is 2.93 bits per heavy atom. The number of rotatable bonds is 2. The van der Waals surface area contributed by atoms with Crippen LogP contribution in [0.5, 0.6) is 0 Å². The van der Waals surface area contributed by atoms with Crippen molar-refractivity contribution in [2.24, 2.45) is 0 Å². The molecule has 1 aromatic heterocycles. The summed E-state index contributed by atoms with van der Waals surface area (Å²) in [5.74, 6) is 0.251. The summed E-state index contributed by atoms with van der Waals surface area (Å²) in [6.45, 7) is 2.04. The van der Waals surface area contributed by atoms with E-state index in [0.29, 0.717) is 0 Å². The number of hydrogen-bond donors (Lipinski definition) is 0. The van der Waals surface area contributed by atoms with Gasteiger partial charge in [-0.25, -0.2) is 0 Å². The van der Waals surface area contributed by atoms with Crippen LogP contribution in [0.1, 0.15) is 47.3 Å². The smallest absolute Gasteiger partial charge is 0.189 e. The Morgan fingerprint density at radius 1 is 1.33 bits per heavy atom. The molecule has 0 saturated heterocycles. The van der Waals surface area contributed by atoms with Crippen LogP contribution in [0.2, 0.25) is 0 Å². The lowest BCUT2D eigenvalue weighted by Gasteiger charge is -2.01. The molecule has 0 atom stereocenters. The van der Waals surface area contributed by atoms with Gasteiger partial charge >= 0.3 is 0 Å². The molecule has 0 bridgehead atoms. The number of carbonyl (C=O) groups excluding carboxylic acids is 1. The molecular weight excluding hydrogens is 204 g/mol. The Bertz CT molecular complexity index is 387. The van der Waals surface area contributed by atoms with E-state index in [1.54, 1.807) is 11.3 Å². The van der Waals surface area contributed by atoms with E-state index < -0.39 is 0 Å². The van der Waals surface area contributed by atoms with E-state index in [9.17, 15) is 4.79 Å². The van der Waals surface area contributed by atoms with E-state index in [4.69, 9.17) is 0 Å². The highest BCUT2D eigenvalue weighted by Gasteiger charge is 2.14. The van der Waals surface area contributed by atoms with Gasteiger partial charge in [-0.1, -0.05) is 12.5 Å². The first-order valence-electron chi connectivity index (χ1n) is 5.56. The molecule has 15 heavy (non-hydrogen) atoms. The molecule has 0 aromatic carbocycles. The highest BCUT2D eigenvalue weighted by molar-refractivity contribution is 7.10. The normalized spacial score (nSPS) is 17.0. The molecule has 0 unspecified atom stereocenters. The van der Waals surface area contributed by atoms with E-state index in [2.05, 4.69) is 6.08 Å². The lowest BCUT2D eigenvalue weighted by Crippen LogP contribution is -2.01. The fourth-order valence-corrected chi connectivity index (χ4v) is 2.65. The summed E-state index contributed by atoms with van der Waals surface area (Å²) in [5.41, 5.74) is 1.91. The minimum absolute atomic E-state index is 0.251. The first-order valence-corrected chi connectivity index (χ1v) is 6.44. The Kier molecular flexibility index (Phi) is 3.37. The second-order valence-electron chi connectivity index (χ2n) is 4.10. The van der Waals surface area contributed by atoms with Gasteiger partial charge in [0.15, 0.2) is 5.78 Å². The predicted octanol–water partition coefficient (Wildman–Crippen LogP) is 4.13. The van der Waals surface area contributed by atoms with Gasteiger partial charge in [0, 0.05) is 15.8 Å². The molecule has 1 aliphatic carbocycles. The van der Waals surface area contributed by atoms with Crippen molar-refractivity contribution >= 4 is 17.1 Å². The van der Waals surface area contributed by atoms with Crippen molar-refractivity contribution in [2.75, 3.05) is 0 Å². The van der Waals surface area contributed by atoms with Crippen LogP contribution >= 0.6 is 11.3 Å². The highest BCUT2D eigenvalue weighted by Crippen LogP contribution is 2.23. The van der Waals surface area contributed by atoms with Crippen LogP contribution in [0.25, 0.3) is 0 Å². The molecule has 1 heterocycles. The van der Waals surface area contributed by atoms with E-state index in [1.165, 1.54) is 24.1 Å². The zero-order valence-corrected chi connectivity index (χ0v) is 9.90. The molecule has 0 saturated carbocycles. The molecule has 0 amide bonds. The zero-order valence-electron chi connectivity index (χ0n) is 9.08. The number of Topliss-reactive ketones (excluding diaryl/α,β-unsaturated/α-hetero) is 1. The third-order valence-electron chi connectivity index (χ3n) is 2.83. The molecule has 1 aliphatic rings. The summed E-state index contributed by atoms with van der Waals surface area (Å²) >= 11 is 1.65. The Morgan fingerprint density at radius 2 is 2.20 bits per heavy atom. The standard InChI is InChI=1S/C13H16OS/c1-10-8-12(9-15-10)13(14)11-6-4-2-3-5-7-11/h6,8-9H,2-5,7H2,1H3. The van der Waals surface area contributed by atoms with Crippen LogP contribution in [0.4, 0.5) is 0 Å². The highest BCUT2D eigenvalue weighted by atomic mass is 32.1. The van der Waals surface area contributed by atoms with E-state index in [-0.39, 0.29) is 5.78 Å². The first kappa shape index (κ1) is 10.6. The van der Waals surface area contributed by atoms with Crippen LogP contribution in [0, 0.1) is 6.92 Å². The van der Waals surface area contributed by atoms with Gasteiger partial charge in [-0.3, -0.25) is 4.79 Å². The fraction of sp³-hybridized carbons (Fsp3) is 0.462. The number of thiophene rings is 1. The zero-order chi connectivity index (χ0) is 10.7. The van der Waals surface area contributed by atoms with Crippen molar-refractivity contribution < 1.29 is 4.79 Å². The molecule has 2 rings (SSSR count). The molecule has 2 heteroatoms. The van der Waals surface area contributed by atoms with Crippen LogP contribution in [0.15, 0.2) is 23.1 Å². The lowest BCUT2D eigenvalue weighted by molar-refractivity contribution is 0.103. The monoisotopic (exact) mass is 220 g/mol. The van der Waals surface area contributed by atoms with Gasteiger partial charge in [-0.05, 0) is 44.2 Å². The van der Waals surface area contributed by atoms with Crippen LogP contribution < -0.4 is 0 Å². The van der Waals surface area contributed by atoms with Gasteiger partial charge in [0.2, 0.25) is 0 Å². The van der Waals surface area contributed by atoms with E-state index in [1.807, 2.05) is 18.4 Å². The van der Waals surface area contributed by atoms with Gasteiger partial charge < -0.3 is 0 Å². The largest absolute Gasteiger partial charge is 0.289 e. The SMILES string of the molecule is Cc1cc(C(=O)C2=CCCCCC2)cs1. The predicted molar refractivity (Wildman–Crippen MR) is 64.6 cm³/mol. The first-order chi connectivity index (χ1) is 7.27. The lowest BCUT2D eigenvalue weighted by atomic mass is 10.0. The topological polar surface area (TPSA) is 17.1 Å². The van der Waals surface area contributed by atoms with Gasteiger partial charge in [-0.15, -0.1) is 11.3 Å². The molecule has 0 aliphatic heterocycles. The third-order valence-corrected chi connectivity index (χ3v) is 3.69. The van der Waals surface area contributed by atoms with Gasteiger partial charge in [0.1, 0.15) is 0 Å². The van der Waals surface area contributed by atoms with Crippen LogP contribution in [0.3, 0.4) is 0 Å². The van der Waals surface area contributed by atoms with Crippen molar-refractivity contribution in [1.82, 2.24) is 0 Å². The Labute approximate surface area is 94.8 Å². The van der Waals surface area contributed by atoms with Crippen LogP contribution in [-0.2, 0) is 0 Å². The minimum Gasteiger partial charge on any atom is -0.289 e. The van der Waals surface area contributed by atoms with Gasteiger partial charge in [0.25, 0.3) is 0 Å². The molecule has 1 aromatic rings. The third kappa shape index (κ3) is 2.57. The maximum absolute atomic E-state index is 12.1. The van der Waals surface area contributed by atoms with Crippen molar-refractivity contribution in [1.29, 1.82) is 0 Å². The minimum atomic E-state index is 0.251. The maximum atomic E-state index is 12.1. The molecule has 0 N–H and O–H groups in total. The molecule has 80 valence electrons. The molecule has 0 fully saturated rings. The summed E-state index contributed by atoms with van der Waals surface area (Å²) in [4.78, 5) is 13.3. The molecular formula is C13H16OS. The summed E-state index contributed by atoms with van der Waals surface area (Å²) < 4.78 is 0. The van der Waals surface area contributed by atoms with Crippen LogP contribution in [-0.4, -0.2) is 5.78 Å². The van der Waals surface area contributed by atoms with E-state index in [0.717, 1.165) is 24.0 Å². The Balaban J connectivity index is 2.16. The molecule has 0 spiro atoms. The average Bonchev–Trinajstić information content (AvgIpc) is 2.53. The summed E-state index contributed by atoms with van der Waals surface area (Å²) in [5, 5.41) is 1.98. The second kappa shape index (κ2) is 4.75. The van der Waals surface area contributed by atoms with E-state index >= 15 is 0 Å². The number of allylic oxidation sites excluding steroid dienone is 2. The van der Waals surface area contributed by atoms with Crippen molar-refractivity contribution in [3.63, 3.8) is 0 Å². The Hall–Kier alpha value is -0.890. The number of hydrogen-bond acceptors (Lipinski definition) is 2. The fourth-order valence-electron chi connectivity index (χ4n) is 1.97. The van der Waals surface area contributed by atoms with Crippen molar-refractivity contribution in [2.45, 2.75) is 39.0 Å². The van der Waals surface area contributed by atoms with Gasteiger partial charge in [-0.2, -0.15) is 0 Å². The summed E-state index contributed by atoms with van der Waals surface area (Å²) in [7, 11) is 0. The molecule has 0 radical (unpaired) electrons. The summed E-state index contributed by atoms with van der Waals surface area (Å²) in [6.07, 6.45) is 7.84.